The van der Waals surface area contributed by atoms with E-state index in [2.05, 4.69) is 13.0 Å². The lowest BCUT2D eigenvalue weighted by Crippen LogP contribution is -2.30. The van der Waals surface area contributed by atoms with E-state index < -0.39 is 0 Å². The van der Waals surface area contributed by atoms with Gasteiger partial charge in [-0.3, -0.25) is 4.79 Å². The summed E-state index contributed by atoms with van der Waals surface area (Å²) in [6.45, 7) is 2.26. The average molecular weight is 334 g/mol. The van der Waals surface area contributed by atoms with Crippen LogP contribution >= 0.6 is 0 Å². The molecule has 2 saturated carbocycles. The van der Waals surface area contributed by atoms with Gasteiger partial charge in [0.15, 0.2) is 0 Å². The Morgan fingerprint density at radius 3 is 2.25 bits per heavy atom. The second-order valence-electron chi connectivity index (χ2n) is 7.96. The van der Waals surface area contributed by atoms with Gasteiger partial charge in [-0.15, -0.1) is 0 Å². The van der Waals surface area contributed by atoms with E-state index >= 15 is 0 Å². The topological polar surface area (TPSA) is 50.1 Å². The molecule has 0 atom stereocenters. The minimum atomic E-state index is 0.00871. The molecule has 0 bridgehead atoms. The van der Waals surface area contributed by atoms with Gasteiger partial charge < -0.3 is 4.74 Å². The molecule has 0 aromatic carbocycles. The molecule has 0 amide bonds. The predicted octanol–water partition coefficient (Wildman–Crippen LogP) is 5.78. The number of ether oxygens (including phenoxy) is 1. The largest absolute Gasteiger partial charge is 0.462 e. The summed E-state index contributed by atoms with van der Waals surface area (Å²) in [6.07, 6.45) is 16.3. The smallest absolute Gasteiger partial charge is 0.309 e. The molecule has 0 spiro atoms. The number of hydrogen-bond donors (Lipinski definition) is 0. The highest BCUT2D eigenvalue weighted by atomic mass is 16.5. The number of rotatable bonds is 8. The standard InChI is InChI=1S/C21H35NO2/c1-2-3-4-5-6-7-17-10-14-20(15-11-17)24-21(23)19-12-8-18(16-22)9-13-19/h17-20H,2-15H2,1H3. The van der Waals surface area contributed by atoms with Crippen LogP contribution in [-0.4, -0.2) is 12.1 Å². The number of carbonyl (C=O) groups is 1. The molecule has 0 aromatic heterocycles. The van der Waals surface area contributed by atoms with Crippen molar-refractivity contribution < 1.29 is 9.53 Å². The molecule has 0 unspecified atom stereocenters. The minimum Gasteiger partial charge on any atom is -0.462 e. The first-order chi connectivity index (χ1) is 11.7. The van der Waals surface area contributed by atoms with Crippen LogP contribution in [0.3, 0.4) is 0 Å². The highest BCUT2D eigenvalue weighted by molar-refractivity contribution is 5.72. The third-order valence-corrected chi connectivity index (χ3v) is 6.04. The minimum absolute atomic E-state index is 0.00871. The first kappa shape index (κ1) is 19.3. The van der Waals surface area contributed by atoms with E-state index in [9.17, 15) is 4.79 Å². The summed E-state index contributed by atoms with van der Waals surface area (Å²) in [6, 6.07) is 2.33. The normalized spacial score (nSPS) is 30.5. The van der Waals surface area contributed by atoms with E-state index in [1.54, 1.807) is 0 Å². The molecule has 2 aliphatic carbocycles. The van der Waals surface area contributed by atoms with Crippen LogP contribution in [0.5, 0.6) is 0 Å². The molecular formula is C21H35NO2. The van der Waals surface area contributed by atoms with E-state index in [0.29, 0.717) is 0 Å². The molecule has 0 radical (unpaired) electrons. The van der Waals surface area contributed by atoms with Gasteiger partial charge in [-0.1, -0.05) is 45.4 Å². The molecule has 0 heterocycles. The molecular weight excluding hydrogens is 298 g/mol. The number of esters is 1. The van der Waals surface area contributed by atoms with Crippen molar-refractivity contribution in [2.24, 2.45) is 17.8 Å². The molecule has 24 heavy (non-hydrogen) atoms. The van der Waals surface area contributed by atoms with Crippen LogP contribution in [-0.2, 0) is 9.53 Å². The Hall–Kier alpha value is -1.04. The summed E-state index contributed by atoms with van der Waals surface area (Å²) in [7, 11) is 0. The Morgan fingerprint density at radius 1 is 0.958 bits per heavy atom. The Morgan fingerprint density at radius 2 is 1.62 bits per heavy atom. The molecule has 0 saturated heterocycles. The van der Waals surface area contributed by atoms with Gasteiger partial charge in [-0.2, -0.15) is 5.26 Å². The fraction of sp³-hybridized carbons (Fsp3) is 0.905. The van der Waals surface area contributed by atoms with E-state index in [4.69, 9.17) is 10.00 Å². The lowest BCUT2D eigenvalue weighted by Gasteiger charge is -2.30. The second kappa shape index (κ2) is 10.7. The van der Waals surface area contributed by atoms with Gasteiger partial charge >= 0.3 is 5.97 Å². The van der Waals surface area contributed by atoms with Crippen LogP contribution < -0.4 is 0 Å². The Labute approximate surface area is 148 Å². The van der Waals surface area contributed by atoms with E-state index in [-0.39, 0.29) is 23.9 Å². The Kier molecular flexibility index (Phi) is 8.64. The van der Waals surface area contributed by atoms with Gasteiger partial charge in [0.25, 0.3) is 0 Å². The Balaban J connectivity index is 1.57. The molecule has 0 N–H and O–H groups in total. The molecule has 3 nitrogen and oxygen atoms in total. The van der Waals surface area contributed by atoms with Crippen LogP contribution in [0.15, 0.2) is 0 Å². The molecule has 3 heteroatoms. The van der Waals surface area contributed by atoms with E-state index in [1.165, 1.54) is 51.4 Å². The average Bonchev–Trinajstić information content (AvgIpc) is 2.63. The van der Waals surface area contributed by atoms with Gasteiger partial charge in [0, 0.05) is 5.92 Å². The monoisotopic (exact) mass is 333 g/mol. The van der Waals surface area contributed by atoms with E-state index in [0.717, 1.165) is 44.4 Å². The molecule has 2 aliphatic rings. The molecule has 2 rings (SSSR count). The fourth-order valence-corrected chi connectivity index (χ4v) is 4.29. The van der Waals surface area contributed by atoms with E-state index in [1.807, 2.05) is 0 Å². The fourth-order valence-electron chi connectivity index (χ4n) is 4.29. The van der Waals surface area contributed by atoms with Crippen molar-refractivity contribution in [1.29, 1.82) is 5.26 Å². The third kappa shape index (κ3) is 6.46. The van der Waals surface area contributed by atoms with Gasteiger partial charge in [-0.25, -0.2) is 0 Å². The maximum absolute atomic E-state index is 12.3. The lowest BCUT2D eigenvalue weighted by molar-refractivity contribution is -0.157. The summed E-state index contributed by atoms with van der Waals surface area (Å²) in [5.74, 6) is 1.06. The Bertz CT molecular complexity index is 399. The van der Waals surface area contributed by atoms with Crippen LogP contribution in [0.1, 0.15) is 96.8 Å². The zero-order valence-corrected chi connectivity index (χ0v) is 15.5. The maximum atomic E-state index is 12.3. The van der Waals surface area contributed by atoms with Crippen LogP contribution in [0.25, 0.3) is 0 Å². The van der Waals surface area contributed by atoms with Gasteiger partial charge in [0.05, 0.1) is 12.0 Å². The summed E-state index contributed by atoms with van der Waals surface area (Å²) in [4.78, 5) is 12.3. The van der Waals surface area contributed by atoms with Crippen molar-refractivity contribution in [3.05, 3.63) is 0 Å². The van der Waals surface area contributed by atoms with Crippen molar-refractivity contribution in [3.8, 4) is 6.07 Å². The first-order valence-corrected chi connectivity index (χ1v) is 10.3. The molecule has 0 aliphatic heterocycles. The van der Waals surface area contributed by atoms with Crippen LogP contribution in [0, 0.1) is 29.1 Å². The maximum Gasteiger partial charge on any atom is 0.309 e. The first-order valence-electron chi connectivity index (χ1n) is 10.3. The van der Waals surface area contributed by atoms with Gasteiger partial charge in [-0.05, 0) is 57.3 Å². The number of hydrogen-bond acceptors (Lipinski definition) is 3. The number of nitriles is 1. The van der Waals surface area contributed by atoms with Gasteiger partial charge in [0.2, 0.25) is 0 Å². The van der Waals surface area contributed by atoms with Crippen molar-refractivity contribution in [2.45, 2.75) is 103 Å². The number of unbranched alkanes of at least 4 members (excludes halogenated alkanes) is 4. The second-order valence-corrected chi connectivity index (χ2v) is 7.96. The SMILES string of the molecule is CCCCCCCC1CCC(OC(=O)C2CCC(C#N)CC2)CC1. The van der Waals surface area contributed by atoms with Gasteiger partial charge in [0.1, 0.15) is 6.10 Å². The zero-order valence-electron chi connectivity index (χ0n) is 15.5. The summed E-state index contributed by atoms with van der Waals surface area (Å²) >= 11 is 0. The molecule has 2 fully saturated rings. The zero-order chi connectivity index (χ0) is 17.2. The van der Waals surface area contributed by atoms with Crippen LogP contribution in [0.4, 0.5) is 0 Å². The third-order valence-electron chi connectivity index (χ3n) is 6.04. The highest BCUT2D eigenvalue weighted by Crippen LogP contribution is 2.33. The van der Waals surface area contributed by atoms with Crippen molar-refractivity contribution in [2.75, 3.05) is 0 Å². The molecule has 0 aromatic rings. The quantitative estimate of drug-likeness (QED) is 0.418. The lowest BCUT2D eigenvalue weighted by atomic mass is 9.82. The van der Waals surface area contributed by atoms with Crippen molar-refractivity contribution in [3.63, 3.8) is 0 Å². The summed E-state index contributed by atoms with van der Waals surface area (Å²) in [5.41, 5.74) is 0. The number of nitrogens with zero attached hydrogens (tertiary/aromatic N) is 1. The number of carbonyl (C=O) groups excluding carboxylic acids is 1. The predicted molar refractivity (Wildman–Crippen MR) is 96.3 cm³/mol. The highest BCUT2D eigenvalue weighted by Gasteiger charge is 2.30. The van der Waals surface area contributed by atoms with Crippen molar-refractivity contribution in [1.82, 2.24) is 0 Å². The summed E-state index contributed by atoms with van der Waals surface area (Å²) < 4.78 is 5.78. The van der Waals surface area contributed by atoms with Crippen LogP contribution in [0.2, 0.25) is 0 Å². The van der Waals surface area contributed by atoms with Crippen molar-refractivity contribution >= 4 is 5.97 Å². The molecule has 136 valence electrons. The summed E-state index contributed by atoms with van der Waals surface area (Å²) in [5, 5.41) is 8.94.